The molecule has 2 nitrogen and oxygen atoms in total. The molecule has 0 atom stereocenters. The van der Waals surface area contributed by atoms with E-state index in [1.165, 1.54) is 55.2 Å². The number of hydrogen-bond acceptors (Lipinski definition) is 1. The third-order valence-electron chi connectivity index (χ3n) is 5.01. The van der Waals surface area contributed by atoms with Crippen LogP contribution in [0.15, 0.2) is 12.3 Å². The molecule has 0 aliphatic carbocycles. The molecule has 0 bridgehead atoms. The summed E-state index contributed by atoms with van der Waals surface area (Å²) in [5.41, 5.74) is 2.42. The lowest BCUT2D eigenvalue weighted by Gasteiger charge is -2.55. The highest BCUT2D eigenvalue weighted by Gasteiger charge is 2.53. The molecule has 0 N–H and O–H groups in total. The first-order valence-corrected chi connectivity index (χ1v) is 11.3. The third kappa shape index (κ3) is 3.74. The molecule has 0 aromatic rings. The Bertz CT molecular complexity index is 256. The van der Waals surface area contributed by atoms with Crippen molar-refractivity contribution in [3.8, 4) is 0 Å². The zero-order chi connectivity index (χ0) is 15.6. The zero-order valence-corrected chi connectivity index (χ0v) is 16.0. The summed E-state index contributed by atoms with van der Waals surface area (Å²) in [7, 11) is -1.54. The average molecular weight is 300 g/mol. The van der Waals surface area contributed by atoms with Crippen LogP contribution < -0.4 is 0 Å². The van der Waals surface area contributed by atoms with Gasteiger partial charge in [-0.2, -0.15) is 5.01 Å². The highest BCUT2D eigenvalue weighted by molar-refractivity contribution is 6.77. The zero-order valence-electron chi connectivity index (χ0n) is 15.0. The van der Waals surface area contributed by atoms with E-state index in [1.54, 1.807) is 0 Å². The second-order valence-corrected chi connectivity index (χ2v) is 10.4. The van der Waals surface area contributed by atoms with E-state index in [9.17, 15) is 0 Å². The van der Waals surface area contributed by atoms with Crippen LogP contribution in [-0.4, -0.2) is 43.7 Å². The highest BCUT2D eigenvalue weighted by atomic mass is 28.3. The van der Waals surface area contributed by atoms with Crippen molar-refractivity contribution in [3.63, 3.8) is 0 Å². The van der Waals surface area contributed by atoms with Crippen molar-refractivity contribution in [1.29, 1.82) is 0 Å². The maximum Gasteiger partial charge on any atom is 0.329 e. The maximum absolute atomic E-state index is 4.33. The minimum Gasteiger partial charge on any atom is -0.298 e. The molecule has 0 radical (unpaired) electrons. The van der Waals surface area contributed by atoms with Crippen LogP contribution in [0.2, 0.25) is 12.1 Å². The van der Waals surface area contributed by atoms with E-state index in [-0.39, 0.29) is 0 Å². The second-order valence-electron chi connectivity index (χ2n) is 5.91. The Balaban J connectivity index is 5.80. The molecule has 0 spiro atoms. The van der Waals surface area contributed by atoms with Crippen LogP contribution in [-0.2, 0) is 0 Å². The lowest BCUT2D eigenvalue weighted by Crippen LogP contribution is -2.74. The Hall–Kier alpha value is -0.123. The van der Waals surface area contributed by atoms with Gasteiger partial charge in [-0.05, 0) is 45.0 Å². The molecule has 0 aliphatic heterocycles. The normalized spacial score (nSPS) is 12.9. The summed E-state index contributed by atoms with van der Waals surface area (Å²) in [5.74, 6) is 0. The van der Waals surface area contributed by atoms with Crippen molar-refractivity contribution in [3.05, 3.63) is 12.3 Å². The standard InChI is InChI=1S/C17H39N2Si/c1-8-15-18(11-4)19(12-5,13-6)20(14-7,16-9-2)17-10-3/h14H,7-13,15-17H2,1-6H3/q+1. The molecule has 0 aliphatic rings. The average Bonchev–Trinajstić information content (AvgIpc) is 2.47. The molecule has 0 fully saturated rings. The molecular weight excluding hydrogens is 260 g/mol. The fourth-order valence-electron chi connectivity index (χ4n) is 4.19. The molecule has 3 heteroatoms. The van der Waals surface area contributed by atoms with Crippen molar-refractivity contribution in [1.82, 2.24) is 5.01 Å². The predicted octanol–water partition coefficient (Wildman–Crippen LogP) is 4.98. The highest BCUT2D eigenvalue weighted by Crippen LogP contribution is 2.34. The van der Waals surface area contributed by atoms with Gasteiger partial charge in [-0.25, -0.2) is 0 Å². The molecule has 0 saturated heterocycles. The van der Waals surface area contributed by atoms with Gasteiger partial charge in [0.2, 0.25) is 0 Å². The summed E-state index contributed by atoms with van der Waals surface area (Å²) in [6, 6.07) is 2.76. The molecule has 120 valence electrons. The molecular formula is C17H39N2Si+. The number of quaternary nitrogens is 1. The molecule has 0 aromatic carbocycles. The third-order valence-corrected chi connectivity index (χ3v) is 11.1. The smallest absolute Gasteiger partial charge is 0.298 e. The van der Waals surface area contributed by atoms with E-state index in [2.05, 4.69) is 58.8 Å². The van der Waals surface area contributed by atoms with Crippen molar-refractivity contribution in [2.24, 2.45) is 0 Å². The van der Waals surface area contributed by atoms with E-state index >= 15 is 0 Å². The van der Waals surface area contributed by atoms with Crippen LogP contribution in [0.1, 0.15) is 60.8 Å². The summed E-state index contributed by atoms with van der Waals surface area (Å²) >= 11 is 0. The van der Waals surface area contributed by atoms with Gasteiger partial charge < -0.3 is 0 Å². The van der Waals surface area contributed by atoms with Gasteiger partial charge in [0, 0.05) is 13.1 Å². The van der Waals surface area contributed by atoms with Gasteiger partial charge in [-0.3, -0.25) is 4.26 Å². The summed E-state index contributed by atoms with van der Waals surface area (Å²) in [6.07, 6.45) is 3.83. The lowest BCUT2D eigenvalue weighted by molar-refractivity contribution is -0.949. The number of rotatable bonds is 12. The largest absolute Gasteiger partial charge is 0.329 e. The van der Waals surface area contributed by atoms with E-state index in [4.69, 9.17) is 0 Å². The van der Waals surface area contributed by atoms with Crippen molar-refractivity contribution in [2.75, 3.05) is 26.2 Å². The topological polar surface area (TPSA) is 3.24 Å². The fourth-order valence-corrected chi connectivity index (χ4v) is 9.82. The van der Waals surface area contributed by atoms with E-state index in [1.807, 2.05) is 0 Å². The summed E-state index contributed by atoms with van der Waals surface area (Å²) in [6.45, 7) is 23.2. The van der Waals surface area contributed by atoms with E-state index in [0.717, 1.165) is 6.54 Å². The lowest BCUT2D eigenvalue weighted by atomic mass is 10.4. The van der Waals surface area contributed by atoms with Crippen LogP contribution >= 0.6 is 0 Å². The Morgan fingerprint density at radius 3 is 1.65 bits per heavy atom. The molecule has 0 aromatic heterocycles. The van der Waals surface area contributed by atoms with Crippen LogP contribution in [0.5, 0.6) is 0 Å². The Morgan fingerprint density at radius 2 is 1.40 bits per heavy atom. The van der Waals surface area contributed by atoms with Gasteiger partial charge in [-0.15, -0.1) is 6.58 Å². The van der Waals surface area contributed by atoms with Gasteiger partial charge in [0.15, 0.2) is 0 Å². The van der Waals surface area contributed by atoms with Gasteiger partial charge >= 0.3 is 8.24 Å². The predicted molar refractivity (Wildman–Crippen MR) is 95.0 cm³/mol. The molecule has 0 saturated carbocycles. The summed E-state index contributed by atoms with van der Waals surface area (Å²) in [5, 5.41) is 2.75. The first-order chi connectivity index (χ1) is 9.57. The van der Waals surface area contributed by atoms with Gasteiger partial charge in [0.25, 0.3) is 0 Å². The first kappa shape index (κ1) is 19.9. The van der Waals surface area contributed by atoms with Gasteiger partial charge in [-0.1, -0.05) is 33.6 Å². The SMILES string of the molecule is C=C[Si](CCC)(CCC)[N+](CC)(CC)N(CC)CCC. The van der Waals surface area contributed by atoms with Gasteiger partial charge in [0.05, 0.1) is 13.1 Å². The Morgan fingerprint density at radius 1 is 0.900 bits per heavy atom. The number of hydrogen-bond donors (Lipinski definition) is 0. The van der Waals surface area contributed by atoms with Crippen molar-refractivity contribution in [2.45, 2.75) is 72.9 Å². The van der Waals surface area contributed by atoms with Crippen LogP contribution in [0.4, 0.5) is 0 Å². The number of nitrogens with zero attached hydrogens (tertiary/aromatic N) is 2. The summed E-state index contributed by atoms with van der Waals surface area (Å²) < 4.78 is 1.22. The quantitative estimate of drug-likeness (QED) is 0.363. The first-order valence-electron chi connectivity index (χ1n) is 8.84. The Labute approximate surface area is 129 Å². The van der Waals surface area contributed by atoms with Crippen molar-refractivity contribution >= 4 is 8.24 Å². The van der Waals surface area contributed by atoms with Crippen LogP contribution in [0, 0.1) is 0 Å². The molecule has 0 heterocycles. The second kappa shape index (κ2) is 9.75. The fraction of sp³-hybridized carbons (Fsp3) is 0.882. The molecule has 20 heavy (non-hydrogen) atoms. The molecule has 0 rings (SSSR count). The van der Waals surface area contributed by atoms with Gasteiger partial charge in [0.1, 0.15) is 0 Å². The van der Waals surface area contributed by atoms with Crippen molar-refractivity contribution < 1.29 is 4.26 Å². The maximum atomic E-state index is 4.33. The molecule has 0 amide bonds. The van der Waals surface area contributed by atoms with Crippen LogP contribution in [0.25, 0.3) is 0 Å². The minimum absolute atomic E-state index is 1.16. The Kier molecular flexibility index (Phi) is 9.69. The minimum atomic E-state index is -1.54. The van der Waals surface area contributed by atoms with E-state index < -0.39 is 8.24 Å². The monoisotopic (exact) mass is 299 g/mol. The van der Waals surface area contributed by atoms with Crippen LogP contribution in [0.3, 0.4) is 0 Å². The summed E-state index contributed by atoms with van der Waals surface area (Å²) in [4.78, 5) is 0. The molecule has 0 unspecified atom stereocenters. The van der Waals surface area contributed by atoms with E-state index in [0.29, 0.717) is 0 Å².